The van der Waals surface area contributed by atoms with E-state index in [9.17, 15) is 14.4 Å². The zero-order valence-corrected chi connectivity index (χ0v) is 18.7. The van der Waals surface area contributed by atoms with Crippen molar-refractivity contribution in [3.8, 4) is 0 Å². The van der Waals surface area contributed by atoms with Gasteiger partial charge >= 0.3 is 0 Å². The van der Waals surface area contributed by atoms with Gasteiger partial charge in [-0.05, 0) is 32.9 Å². The van der Waals surface area contributed by atoms with E-state index in [4.69, 9.17) is 14.2 Å². The molecule has 164 valence electrons. The molecule has 11 heteroatoms. The number of carbonyl (C=O) groups excluding carboxylic acids is 3. The van der Waals surface area contributed by atoms with Gasteiger partial charge in [-0.1, -0.05) is 0 Å². The monoisotopic (exact) mass is 516 g/mol. The number of carbonyl (C=O) groups is 3. The van der Waals surface area contributed by atoms with Gasteiger partial charge in [-0.15, -0.1) is 0 Å². The highest BCUT2D eigenvalue weighted by atomic mass is 127. The second-order valence-electron chi connectivity index (χ2n) is 5.80. The Kier molecular flexibility index (Phi) is 20.0. The van der Waals surface area contributed by atoms with Crippen molar-refractivity contribution >= 4 is 38.3 Å². The highest BCUT2D eigenvalue weighted by Gasteiger charge is 2.05. The molecule has 0 heterocycles. The molecule has 0 rings (SSSR count). The van der Waals surface area contributed by atoms with E-state index >= 15 is 0 Å². The van der Waals surface area contributed by atoms with Crippen LogP contribution >= 0.6 is 22.6 Å². The molecule has 0 radical (unpaired) electrons. The summed E-state index contributed by atoms with van der Waals surface area (Å²) < 4.78 is 15.8. The molecule has 0 fully saturated rings. The van der Waals surface area contributed by atoms with Crippen LogP contribution in [-0.4, -0.2) is 75.5 Å². The van der Waals surface area contributed by atoms with E-state index in [2.05, 4.69) is 21.5 Å². The minimum Gasteiger partial charge on any atom is -0.379 e. The van der Waals surface area contributed by atoms with Gasteiger partial charge in [0.05, 0.1) is 26.4 Å². The Morgan fingerprint density at radius 3 is 1.82 bits per heavy atom. The first-order chi connectivity index (χ1) is 13.6. The average Bonchev–Trinajstić information content (AvgIpc) is 2.66. The molecule has 0 aromatic carbocycles. The molecule has 0 aromatic heterocycles. The van der Waals surface area contributed by atoms with E-state index in [1.165, 1.54) is 22.6 Å². The lowest BCUT2D eigenvalue weighted by Gasteiger charge is -2.08. The summed E-state index contributed by atoms with van der Waals surface area (Å²) in [4.78, 5) is 33.6. The second kappa shape index (κ2) is 20.7. The molecule has 0 unspecified atom stereocenters. The number of hydrogen-bond acceptors (Lipinski definition) is 7. The normalized spacial score (nSPS) is 10.5. The summed E-state index contributed by atoms with van der Waals surface area (Å²) in [5.41, 5.74) is 4.42. The van der Waals surface area contributed by atoms with Crippen molar-refractivity contribution in [2.75, 3.05) is 59.8 Å². The van der Waals surface area contributed by atoms with Gasteiger partial charge in [0.15, 0.2) is 0 Å². The van der Waals surface area contributed by atoms with Crippen LogP contribution in [-0.2, 0) is 23.8 Å². The van der Waals surface area contributed by atoms with Crippen molar-refractivity contribution in [1.29, 1.82) is 0 Å². The number of nitrogens with one attached hydrogen (secondary N) is 4. The fraction of sp³-hybridized carbons (Fsp3) is 0.824. The first-order valence-corrected chi connectivity index (χ1v) is 10.5. The van der Waals surface area contributed by atoms with Crippen LogP contribution in [0.5, 0.6) is 0 Å². The molecular formula is C17H33IN4O6. The highest BCUT2D eigenvalue weighted by Crippen LogP contribution is 1.95. The maximum absolute atomic E-state index is 11.6. The van der Waals surface area contributed by atoms with Gasteiger partial charge in [0.25, 0.3) is 3.91 Å². The van der Waals surface area contributed by atoms with E-state index in [-0.39, 0.29) is 28.6 Å². The third kappa shape index (κ3) is 21.3. The minimum absolute atomic E-state index is 0.108. The molecule has 3 amide bonds. The van der Waals surface area contributed by atoms with Crippen molar-refractivity contribution in [3.05, 3.63) is 0 Å². The van der Waals surface area contributed by atoms with Gasteiger partial charge in [0.2, 0.25) is 11.8 Å². The molecule has 28 heavy (non-hydrogen) atoms. The Bertz CT molecular complexity index is 428. The van der Waals surface area contributed by atoms with Crippen molar-refractivity contribution in [2.45, 2.75) is 32.1 Å². The topological polar surface area (TPSA) is 127 Å². The predicted octanol–water partition coefficient (Wildman–Crippen LogP) is 0.498. The third-order valence-electron chi connectivity index (χ3n) is 3.35. The van der Waals surface area contributed by atoms with E-state index in [0.29, 0.717) is 52.4 Å². The number of hydrazine groups is 1. The number of halogens is 1. The van der Waals surface area contributed by atoms with E-state index < -0.39 is 0 Å². The van der Waals surface area contributed by atoms with Crippen LogP contribution in [0.4, 0.5) is 4.79 Å². The Labute approximate surface area is 180 Å². The Hall–Kier alpha value is -1.02. The minimum atomic E-state index is -0.373. The SMILES string of the molecule is CNCCCOCCOCCOCCCNC(=O)CCCC(=O)NNC(=O)I. The average molecular weight is 516 g/mol. The van der Waals surface area contributed by atoms with Crippen LogP contribution in [0.15, 0.2) is 0 Å². The largest absolute Gasteiger partial charge is 0.379 e. The molecule has 0 atom stereocenters. The Morgan fingerprint density at radius 1 is 0.714 bits per heavy atom. The predicted molar refractivity (Wildman–Crippen MR) is 113 cm³/mol. The second-order valence-corrected chi connectivity index (χ2v) is 6.78. The lowest BCUT2D eigenvalue weighted by Crippen LogP contribution is -2.38. The molecule has 0 bridgehead atoms. The molecule has 0 saturated carbocycles. The van der Waals surface area contributed by atoms with Gasteiger partial charge in [0, 0.05) is 55.2 Å². The van der Waals surface area contributed by atoms with Gasteiger partial charge in [-0.2, -0.15) is 0 Å². The molecule has 0 aliphatic heterocycles. The summed E-state index contributed by atoms with van der Waals surface area (Å²) in [5, 5.41) is 5.83. The van der Waals surface area contributed by atoms with Crippen molar-refractivity contribution < 1.29 is 28.6 Å². The smallest absolute Gasteiger partial charge is 0.298 e. The fourth-order valence-electron chi connectivity index (χ4n) is 1.97. The maximum Gasteiger partial charge on any atom is 0.298 e. The molecule has 10 nitrogen and oxygen atoms in total. The van der Waals surface area contributed by atoms with Crippen LogP contribution in [0.1, 0.15) is 32.1 Å². The molecule has 0 aliphatic rings. The lowest BCUT2D eigenvalue weighted by molar-refractivity contribution is -0.122. The molecule has 4 N–H and O–H groups in total. The van der Waals surface area contributed by atoms with Crippen LogP contribution in [0.2, 0.25) is 0 Å². The van der Waals surface area contributed by atoms with E-state index in [0.717, 1.165) is 19.6 Å². The summed E-state index contributed by atoms with van der Waals surface area (Å²) in [6.07, 6.45) is 2.56. The lowest BCUT2D eigenvalue weighted by atomic mass is 10.2. The number of rotatable bonds is 18. The number of hydrogen-bond donors (Lipinski definition) is 4. The first kappa shape index (κ1) is 27.0. The Morgan fingerprint density at radius 2 is 1.25 bits per heavy atom. The summed E-state index contributed by atoms with van der Waals surface area (Å²) >= 11 is 1.51. The Balaban J connectivity index is 3.26. The quantitative estimate of drug-likeness (QED) is 0.0687. The first-order valence-electron chi connectivity index (χ1n) is 9.45. The molecule has 0 saturated heterocycles. The van der Waals surface area contributed by atoms with Crippen molar-refractivity contribution in [2.24, 2.45) is 0 Å². The van der Waals surface area contributed by atoms with Gasteiger partial charge in [-0.3, -0.25) is 25.2 Å². The van der Waals surface area contributed by atoms with Crippen molar-refractivity contribution in [1.82, 2.24) is 21.5 Å². The third-order valence-corrected chi connectivity index (χ3v) is 3.62. The number of amides is 3. The number of ether oxygens (including phenoxy) is 3. The zero-order valence-electron chi connectivity index (χ0n) is 16.5. The van der Waals surface area contributed by atoms with Crippen molar-refractivity contribution in [3.63, 3.8) is 0 Å². The highest BCUT2D eigenvalue weighted by molar-refractivity contribution is 14.1. The van der Waals surface area contributed by atoms with Crippen LogP contribution < -0.4 is 21.5 Å². The van der Waals surface area contributed by atoms with Gasteiger partial charge in [-0.25, -0.2) is 0 Å². The molecular weight excluding hydrogens is 483 g/mol. The molecule has 0 aromatic rings. The standard InChI is InChI=1S/C17H33IN4O6/c1-19-7-3-9-26-11-13-28-14-12-27-10-4-8-20-15(23)5-2-6-16(24)21-22-17(18)25/h19H,2-14H2,1H3,(H,20,23)(H,21,24)(H,22,25). The van der Waals surface area contributed by atoms with Gasteiger partial charge in [0.1, 0.15) is 0 Å². The maximum atomic E-state index is 11.6. The summed E-state index contributed by atoms with van der Waals surface area (Å²) in [7, 11) is 1.91. The van der Waals surface area contributed by atoms with Gasteiger partial charge < -0.3 is 24.8 Å². The summed E-state index contributed by atoms with van der Waals surface area (Å²) in [6.45, 7) is 4.93. The van der Waals surface area contributed by atoms with Crippen LogP contribution in [0.3, 0.4) is 0 Å². The summed E-state index contributed by atoms with van der Waals surface area (Å²) in [6, 6.07) is 0. The van der Waals surface area contributed by atoms with E-state index in [1.54, 1.807) is 0 Å². The molecule has 0 aliphatic carbocycles. The van der Waals surface area contributed by atoms with E-state index in [1.807, 2.05) is 7.05 Å². The zero-order chi connectivity index (χ0) is 20.9. The fourth-order valence-corrected chi connectivity index (χ4v) is 2.11. The van der Waals surface area contributed by atoms with Crippen LogP contribution in [0.25, 0.3) is 0 Å². The van der Waals surface area contributed by atoms with Crippen LogP contribution in [0, 0.1) is 0 Å². The molecule has 0 spiro atoms. The summed E-state index contributed by atoms with van der Waals surface area (Å²) in [5.74, 6) is -0.433.